The third kappa shape index (κ3) is 6.25. The number of anilines is 3. The van der Waals surface area contributed by atoms with Crippen LogP contribution in [0.1, 0.15) is 66.4 Å². The van der Waals surface area contributed by atoms with Gasteiger partial charge >= 0.3 is 11.9 Å². The Kier molecular flexibility index (Phi) is 7.95. The Morgan fingerprint density at radius 2 is 1.70 bits per heavy atom. The molecule has 2 aliphatic heterocycles. The molecule has 11 heteroatoms. The van der Waals surface area contributed by atoms with Gasteiger partial charge in [-0.15, -0.1) is 0 Å². The van der Waals surface area contributed by atoms with Crippen molar-refractivity contribution >= 4 is 29.8 Å². The summed E-state index contributed by atoms with van der Waals surface area (Å²) < 4.78 is 17.5. The third-order valence-corrected chi connectivity index (χ3v) is 10.9. The number of fused-ring (bicyclic) bond motifs is 5. The van der Waals surface area contributed by atoms with Gasteiger partial charge in [-0.05, 0) is 91.7 Å². The zero-order valence-electron chi connectivity index (χ0n) is 26.9. The molecule has 246 valence electrons. The summed E-state index contributed by atoms with van der Waals surface area (Å²) in [4.78, 5) is 43.3. The van der Waals surface area contributed by atoms with Gasteiger partial charge in [-0.3, -0.25) is 0 Å². The highest BCUT2D eigenvalue weighted by molar-refractivity contribution is 5.91. The third-order valence-electron chi connectivity index (χ3n) is 10.9. The van der Waals surface area contributed by atoms with Gasteiger partial charge in [0.2, 0.25) is 17.8 Å². The molecule has 0 amide bonds. The van der Waals surface area contributed by atoms with Gasteiger partial charge in [0.1, 0.15) is 18.5 Å². The summed E-state index contributed by atoms with van der Waals surface area (Å²) in [5.74, 6) is 3.50. The maximum absolute atomic E-state index is 12.9. The Hall–Kier alpha value is -4.25. The maximum atomic E-state index is 12.9. The monoisotopic (exact) mass is 638 g/mol. The number of nitrogens with one attached hydrogen (secondary N) is 1. The predicted molar refractivity (Wildman–Crippen MR) is 176 cm³/mol. The number of esters is 2. The summed E-state index contributed by atoms with van der Waals surface area (Å²) in [7, 11) is 0. The molecule has 3 aromatic rings. The molecule has 4 fully saturated rings. The molecule has 2 aromatic carbocycles. The molecule has 4 unspecified atom stereocenters. The van der Waals surface area contributed by atoms with E-state index in [1.807, 2.05) is 24.3 Å². The molecule has 3 heterocycles. The molecule has 1 aromatic heterocycles. The number of ether oxygens (including phenoxy) is 3. The van der Waals surface area contributed by atoms with E-state index in [0.717, 1.165) is 64.7 Å². The largest absolute Gasteiger partial charge is 0.460 e. The number of benzene rings is 2. The average Bonchev–Trinajstić information content (AvgIpc) is 4.02. The molecule has 0 spiro atoms. The van der Waals surface area contributed by atoms with Gasteiger partial charge in [-0.1, -0.05) is 31.2 Å². The average molecular weight is 639 g/mol. The lowest BCUT2D eigenvalue weighted by Crippen LogP contribution is -2.45. The molecule has 2 saturated heterocycles. The van der Waals surface area contributed by atoms with Gasteiger partial charge in [0, 0.05) is 38.1 Å². The molecule has 1 N–H and O–H groups in total. The first kappa shape index (κ1) is 30.1. The fourth-order valence-electron chi connectivity index (χ4n) is 8.31. The van der Waals surface area contributed by atoms with Crippen LogP contribution in [0.2, 0.25) is 0 Å². The number of aryl methyl sites for hydroxylation is 1. The van der Waals surface area contributed by atoms with E-state index in [2.05, 4.69) is 49.1 Å². The maximum Gasteiger partial charge on any atom is 0.343 e. The first-order chi connectivity index (χ1) is 22.9. The smallest absolute Gasteiger partial charge is 0.343 e. The normalized spacial score (nSPS) is 26.9. The molecule has 0 bridgehead atoms. The second-order valence-electron chi connectivity index (χ2n) is 13.8. The molecule has 5 atom stereocenters. The number of carbonyl (C=O) groups is 2. The van der Waals surface area contributed by atoms with Crippen LogP contribution in [0.5, 0.6) is 5.75 Å². The SMILES string of the molecule is C[C@]12CCC3c4ccc(OC(=O)c5ccccc5)cc4CCC3C1CCC2OC(=O)COCCNc1nc(N2CC2)nc(N2CC2)n1. The van der Waals surface area contributed by atoms with Crippen LogP contribution >= 0.6 is 0 Å². The minimum atomic E-state index is -0.331. The Morgan fingerprint density at radius 1 is 0.936 bits per heavy atom. The van der Waals surface area contributed by atoms with Crippen molar-refractivity contribution in [2.75, 3.05) is 61.1 Å². The van der Waals surface area contributed by atoms with Gasteiger partial charge in [0.25, 0.3) is 0 Å². The van der Waals surface area contributed by atoms with E-state index in [4.69, 9.17) is 14.2 Å². The summed E-state index contributed by atoms with van der Waals surface area (Å²) in [5.41, 5.74) is 3.21. The van der Waals surface area contributed by atoms with E-state index in [-0.39, 0.29) is 30.1 Å². The highest BCUT2D eigenvalue weighted by Crippen LogP contribution is 2.61. The van der Waals surface area contributed by atoms with Crippen molar-refractivity contribution in [3.63, 3.8) is 0 Å². The Balaban J connectivity index is 0.822. The van der Waals surface area contributed by atoms with Crippen LogP contribution in [0.15, 0.2) is 48.5 Å². The highest BCUT2D eigenvalue weighted by Gasteiger charge is 2.56. The van der Waals surface area contributed by atoms with Crippen molar-refractivity contribution in [1.29, 1.82) is 0 Å². The molecule has 8 rings (SSSR count). The van der Waals surface area contributed by atoms with E-state index in [9.17, 15) is 9.59 Å². The standard InChI is InChI=1S/C36H42N6O5/c1-36-14-13-27-26-10-8-25(46-32(44)23-5-3-2-4-6-23)21-24(26)7-9-28(27)29(36)11-12-30(36)47-31(43)22-45-20-15-37-33-38-34(41-16-17-41)40-35(39-33)42-18-19-42/h2-6,8,10,21,27-30H,7,9,11-20,22H2,1H3,(H,37,38,39,40)/t27?,28?,29?,30?,36-/m0/s1. The second-order valence-corrected chi connectivity index (χ2v) is 13.8. The molecule has 3 aliphatic carbocycles. The van der Waals surface area contributed by atoms with E-state index >= 15 is 0 Å². The summed E-state index contributed by atoms with van der Waals surface area (Å²) >= 11 is 0. The van der Waals surface area contributed by atoms with Gasteiger partial charge in [0.05, 0.1) is 12.2 Å². The minimum absolute atomic E-state index is 0.0235. The summed E-state index contributed by atoms with van der Waals surface area (Å²) in [6.45, 7) is 6.99. The summed E-state index contributed by atoms with van der Waals surface area (Å²) in [5, 5.41) is 3.22. The quantitative estimate of drug-likeness (QED) is 0.137. The number of carbonyl (C=O) groups excluding carboxylic acids is 2. The van der Waals surface area contributed by atoms with Crippen LogP contribution in [-0.2, 0) is 20.7 Å². The Morgan fingerprint density at radius 3 is 2.45 bits per heavy atom. The first-order valence-electron chi connectivity index (χ1n) is 17.1. The molecule has 0 radical (unpaired) electrons. The van der Waals surface area contributed by atoms with Crippen molar-refractivity contribution in [2.45, 2.75) is 57.5 Å². The number of hydrogen-bond donors (Lipinski definition) is 1. The van der Waals surface area contributed by atoms with Gasteiger partial charge in [0.15, 0.2) is 0 Å². The molecule has 5 aliphatic rings. The van der Waals surface area contributed by atoms with Crippen LogP contribution < -0.4 is 19.9 Å². The van der Waals surface area contributed by atoms with E-state index in [0.29, 0.717) is 60.1 Å². The lowest BCUT2D eigenvalue weighted by molar-refractivity contribution is -0.162. The zero-order valence-corrected chi connectivity index (χ0v) is 26.9. The second kappa shape index (κ2) is 12.4. The highest BCUT2D eigenvalue weighted by atomic mass is 16.6. The van der Waals surface area contributed by atoms with Gasteiger partial charge in [-0.25, -0.2) is 9.59 Å². The van der Waals surface area contributed by atoms with Crippen molar-refractivity contribution in [3.8, 4) is 5.75 Å². The summed E-state index contributed by atoms with van der Waals surface area (Å²) in [6, 6.07) is 15.3. The van der Waals surface area contributed by atoms with Crippen molar-refractivity contribution in [2.24, 2.45) is 17.3 Å². The fourth-order valence-corrected chi connectivity index (χ4v) is 8.31. The zero-order chi connectivity index (χ0) is 32.0. The minimum Gasteiger partial charge on any atom is -0.460 e. The fraction of sp³-hybridized carbons (Fsp3) is 0.528. The Bertz CT molecular complexity index is 1620. The van der Waals surface area contributed by atoms with Gasteiger partial charge in [-0.2, -0.15) is 15.0 Å². The number of nitrogens with zero attached hydrogens (tertiary/aromatic N) is 5. The van der Waals surface area contributed by atoms with Crippen molar-refractivity contribution in [1.82, 2.24) is 15.0 Å². The molecule has 47 heavy (non-hydrogen) atoms. The Labute approximate surface area is 275 Å². The molecule has 2 saturated carbocycles. The molecular formula is C36H42N6O5. The number of hydrogen-bond acceptors (Lipinski definition) is 11. The topological polar surface area (TPSA) is 119 Å². The van der Waals surface area contributed by atoms with E-state index in [1.165, 1.54) is 11.1 Å². The van der Waals surface area contributed by atoms with Crippen LogP contribution in [0.3, 0.4) is 0 Å². The lowest BCUT2D eigenvalue weighted by atomic mass is 9.55. The van der Waals surface area contributed by atoms with E-state index < -0.39 is 0 Å². The summed E-state index contributed by atoms with van der Waals surface area (Å²) in [6.07, 6.45) is 6.06. The lowest BCUT2D eigenvalue weighted by Gasteiger charge is -2.50. The number of aromatic nitrogens is 3. The first-order valence-corrected chi connectivity index (χ1v) is 17.1. The van der Waals surface area contributed by atoms with Crippen molar-refractivity contribution < 1.29 is 23.8 Å². The van der Waals surface area contributed by atoms with Crippen LogP contribution in [-0.4, -0.2) is 78.9 Å². The predicted octanol–water partition coefficient (Wildman–Crippen LogP) is 4.63. The van der Waals surface area contributed by atoms with Crippen LogP contribution in [0.25, 0.3) is 0 Å². The molecule has 11 nitrogen and oxygen atoms in total. The van der Waals surface area contributed by atoms with Crippen LogP contribution in [0, 0.1) is 17.3 Å². The number of rotatable bonds is 11. The van der Waals surface area contributed by atoms with Crippen LogP contribution in [0.4, 0.5) is 17.8 Å². The van der Waals surface area contributed by atoms with Crippen molar-refractivity contribution in [3.05, 3.63) is 65.2 Å². The van der Waals surface area contributed by atoms with E-state index in [1.54, 1.807) is 12.1 Å². The van der Waals surface area contributed by atoms with Gasteiger partial charge < -0.3 is 29.3 Å². The molecular weight excluding hydrogens is 596 g/mol.